The average molecular weight is 151 g/mol. The van der Waals surface area contributed by atoms with E-state index in [1.54, 1.807) is 18.6 Å². The molecule has 0 radical (unpaired) electrons. The van der Waals surface area contributed by atoms with Crippen LogP contribution in [0.4, 0.5) is 0 Å². The maximum absolute atomic E-state index is 5.12. The summed E-state index contributed by atoms with van der Waals surface area (Å²) in [7, 11) is 0. The molecule has 0 aliphatic rings. The molecule has 0 aromatic carbocycles. The van der Waals surface area contributed by atoms with Crippen molar-refractivity contribution in [3.8, 4) is 0 Å². The van der Waals surface area contributed by atoms with Gasteiger partial charge < -0.3 is 11.5 Å². The van der Waals surface area contributed by atoms with Gasteiger partial charge in [0.1, 0.15) is 0 Å². The van der Waals surface area contributed by atoms with Gasteiger partial charge in [-0.25, -0.2) is 4.99 Å². The Hall–Kier alpha value is -1.65. The highest BCUT2D eigenvalue weighted by atomic mass is 15.0. The van der Waals surface area contributed by atoms with Crippen molar-refractivity contribution in [3.63, 3.8) is 0 Å². The molecule has 0 aliphatic carbocycles. The third-order valence-corrected chi connectivity index (χ3v) is 1.04. The maximum Gasteiger partial charge on any atom is 0.186 e. The van der Waals surface area contributed by atoms with Crippen LogP contribution >= 0.6 is 0 Å². The molecule has 5 heteroatoms. The summed E-state index contributed by atoms with van der Waals surface area (Å²) in [5.74, 6) is 0.0654. The van der Waals surface area contributed by atoms with Crippen molar-refractivity contribution < 1.29 is 0 Å². The van der Waals surface area contributed by atoms with Crippen LogP contribution < -0.4 is 11.5 Å². The van der Waals surface area contributed by atoms with Gasteiger partial charge >= 0.3 is 0 Å². The smallest absolute Gasteiger partial charge is 0.186 e. The van der Waals surface area contributed by atoms with E-state index in [0.29, 0.717) is 6.54 Å². The topological polar surface area (TPSA) is 90.2 Å². The molecule has 0 atom stereocenters. The Morgan fingerprint density at radius 3 is 2.82 bits per heavy atom. The number of hydrogen-bond donors (Lipinski definition) is 2. The quantitative estimate of drug-likeness (QED) is 0.430. The summed E-state index contributed by atoms with van der Waals surface area (Å²) in [4.78, 5) is 11.6. The van der Waals surface area contributed by atoms with Gasteiger partial charge in [0.2, 0.25) is 0 Å². The minimum atomic E-state index is 0.0654. The Balaban J connectivity index is 2.59. The van der Waals surface area contributed by atoms with E-state index in [4.69, 9.17) is 11.5 Å². The number of hydrogen-bond acceptors (Lipinski definition) is 3. The zero-order chi connectivity index (χ0) is 8.10. The minimum Gasteiger partial charge on any atom is -0.370 e. The Kier molecular flexibility index (Phi) is 2.37. The molecule has 1 rings (SSSR count). The monoisotopic (exact) mass is 151 g/mol. The van der Waals surface area contributed by atoms with Crippen LogP contribution in [0.1, 0.15) is 5.69 Å². The third kappa shape index (κ3) is 2.61. The summed E-state index contributed by atoms with van der Waals surface area (Å²) in [6, 6.07) is 0. The molecule has 1 aromatic rings. The number of nitrogens with zero attached hydrogens (tertiary/aromatic N) is 3. The number of aliphatic imine (C=N–C) groups is 1. The molecular formula is C6H9N5. The number of guanidine groups is 1. The van der Waals surface area contributed by atoms with E-state index >= 15 is 0 Å². The van der Waals surface area contributed by atoms with Crippen molar-refractivity contribution in [2.75, 3.05) is 0 Å². The van der Waals surface area contributed by atoms with Gasteiger partial charge in [0.25, 0.3) is 0 Å². The van der Waals surface area contributed by atoms with E-state index in [0.717, 1.165) is 5.69 Å². The second-order valence-electron chi connectivity index (χ2n) is 1.94. The largest absolute Gasteiger partial charge is 0.370 e. The average Bonchev–Trinajstić information content (AvgIpc) is 2.03. The molecule has 0 aliphatic heterocycles. The van der Waals surface area contributed by atoms with Gasteiger partial charge in [0.05, 0.1) is 18.4 Å². The SMILES string of the molecule is NC(N)=NCc1cnccn1. The summed E-state index contributed by atoms with van der Waals surface area (Å²) in [6.07, 6.45) is 4.81. The van der Waals surface area contributed by atoms with E-state index in [1.165, 1.54) is 0 Å². The highest BCUT2D eigenvalue weighted by Gasteiger charge is 1.89. The molecule has 4 N–H and O–H groups in total. The molecule has 0 fully saturated rings. The first kappa shape index (κ1) is 7.46. The molecule has 5 nitrogen and oxygen atoms in total. The Morgan fingerprint density at radius 2 is 2.27 bits per heavy atom. The van der Waals surface area contributed by atoms with E-state index < -0.39 is 0 Å². The van der Waals surface area contributed by atoms with Crippen LogP contribution in [0.25, 0.3) is 0 Å². The Morgan fingerprint density at radius 1 is 1.45 bits per heavy atom. The van der Waals surface area contributed by atoms with E-state index in [2.05, 4.69) is 15.0 Å². The van der Waals surface area contributed by atoms with E-state index in [-0.39, 0.29) is 5.96 Å². The zero-order valence-corrected chi connectivity index (χ0v) is 5.94. The van der Waals surface area contributed by atoms with Crippen molar-refractivity contribution >= 4 is 5.96 Å². The van der Waals surface area contributed by atoms with Crippen LogP contribution in [-0.4, -0.2) is 15.9 Å². The fourth-order valence-corrected chi connectivity index (χ4v) is 0.584. The molecule has 1 aromatic heterocycles. The molecule has 0 saturated carbocycles. The van der Waals surface area contributed by atoms with E-state index in [1.807, 2.05) is 0 Å². The molecule has 0 unspecified atom stereocenters. The van der Waals surface area contributed by atoms with Gasteiger partial charge in [-0.3, -0.25) is 9.97 Å². The van der Waals surface area contributed by atoms with Crippen molar-refractivity contribution in [2.45, 2.75) is 6.54 Å². The molecule has 0 amide bonds. The molecule has 11 heavy (non-hydrogen) atoms. The predicted octanol–water partition coefficient (Wildman–Crippen LogP) is -0.750. The lowest BCUT2D eigenvalue weighted by Crippen LogP contribution is -2.22. The van der Waals surface area contributed by atoms with Crippen LogP contribution in [0, 0.1) is 0 Å². The maximum atomic E-state index is 5.12. The Bertz CT molecular complexity index is 238. The van der Waals surface area contributed by atoms with Crippen LogP contribution in [0.3, 0.4) is 0 Å². The van der Waals surface area contributed by atoms with Crippen molar-refractivity contribution in [1.82, 2.24) is 9.97 Å². The molecule has 0 spiro atoms. The van der Waals surface area contributed by atoms with Gasteiger partial charge in [-0.2, -0.15) is 0 Å². The lowest BCUT2D eigenvalue weighted by molar-refractivity contribution is 0.957. The fraction of sp³-hybridized carbons (Fsp3) is 0.167. The normalized spacial score (nSPS) is 9.09. The van der Waals surface area contributed by atoms with Gasteiger partial charge in [-0.05, 0) is 0 Å². The van der Waals surface area contributed by atoms with Gasteiger partial charge in [-0.1, -0.05) is 0 Å². The molecular weight excluding hydrogens is 142 g/mol. The minimum absolute atomic E-state index is 0.0654. The van der Waals surface area contributed by atoms with Crippen LogP contribution in [0.2, 0.25) is 0 Å². The van der Waals surface area contributed by atoms with Crippen molar-refractivity contribution in [3.05, 3.63) is 24.3 Å². The Labute approximate surface area is 64.2 Å². The van der Waals surface area contributed by atoms with Crippen LogP contribution in [0.15, 0.2) is 23.6 Å². The molecule has 58 valence electrons. The molecule has 0 saturated heterocycles. The summed E-state index contributed by atoms with van der Waals surface area (Å²) < 4.78 is 0. The van der Waals surface area contributed by atoms with Gasteiger partial charge in [0, 0.05) is 12.4 Å². The first-order valence-corrected chi connectivity index (χ1v) is 3.09. The van der Waals surface area contributed by atoms with Crippen molar-refractivity contribution in [2.24, 2.45) is 16.5 Å². The number of nitrogens with two attached hydrogens (primary N) is 2. The number of aromatic nitrogens is 2. The molecule has 1 heterocycles. The predicted molar refractivity (Wildman–Crippen MR) is 41.5 cm³/mol. The summed E-state index contributed by atoms with van der Waals surface area (Å²) in [5, 5.41) is 0. The lowest BCUT2D eigenvalue weighted by atomic mass is 10.4. The highest BCUT2D eigenvalue weighted by molar-refractivity contribution is 5.75. The second-order valence-corrected chi connectivity index (χ2v) is 1.94. The zero-order valence-electron chi connectivity index (χ0n) is 5.94. The number of rotatable bonds is 2. The summed E-state index contributed by atoms with van der Waals surface area (Å²) >= 11 is 0. The summed E-state index contributed by atoms with van der Waals surface area (Å²) in [5.41, 5.74) is 11.0. The molecule has 0 bridgehead atoms. The first-order valence-electron chi connectivity index (χ1n) is 3.09. The van der Waals surface area contributed by atoms with Gasteiger partial charge in [-0.15, -0.1) is 0 Å². The van der Waals surface area contributed by atoms with Gasteiger partial charge in [0.15, 0.2) is 5.96 Å². The van der Waals surface area contributed by atoms with Crippen LogP contribution in [0.5, 0.6) is 0 Å². The third-order valence-electron chi connectivity index (χ3n) is 1.04. The second kappa shape index (κ2) is 3.50. The highest BCUT2D eigenvalue weighted by Crippen LogP contribution is 1.91. The summed E-state index contributed by atoms with van der Waals surface area (Å²) in [6.45, 7) is 0.385. The van der Waals surface area contributed by atoms with Crippen molar-refractivity contribution in [1.29, 1.82) is 0 Å². The standard InChI is InChI=1S/C6H9N5/c7-6(8)11-4-5-3-9-1-2-10-5/h1-3H,4H2,(H4,7,8,11). The van der Waals surface area contributed by atoms with Crippen LogP contribution in [-0.2, 0) is 6.54 Å². The first-order chi connectivity index (χ1) is 5.29. The fourth-order valence-electron chi connectivity index (χ4n) is 0.584. The van der Waals surface area contributed by atoms with E-state index in [9.17, 15) is 0 Å². The lowest BCUT2D eigenvalue weighted by Gasteiger charge is -1.93.